The van der Waals surface area contributed by atoms with Crippen molar-refractivity contribution in [3.8, 4) is 0 Å². The van der Waals surface area contributed by atoms with Crippen molar-refractivity contribution < 1.29 is 14.3 Å². The molecule has 0 unspecified atom stereocenters. The van der Waals surface area contributed by atoms with Crippen molar-refractivity contribution >= 4 is 28.3 Å². The number of carbonyl (C=O) groups is 2. The van der Waals surface area contributed by atoms with Gasteiger partial charge < -0.3 is 4.74 Å². The summed E-state index contributed by atoms with van der Waals surface area (Å²) in [5, 5.41) is 3.26. The summed E-state index contributed by atoms with van der Waals surface area (Å²) in [6, 6.07) is 7.52. The van der Waals surface area contributed by atoms with Crippen LogP contribution in [0.4, 0.5) is 5.13 Å². The lowest BCUT2D eigenvalue weighted by Gasteiger charge is -2.06. The highest BCUT2D eigenvalue weighted by molar-refractivity contribution is 7.16. The van der Waals surface area contributed by atoms with Crippen LogP contribution in [-0.2, 0) is 16.0 Å². The van der Waals surface area contributed by atoms with Crippen molar-refractivity contribution in [3.05, 3.63) is 46.0 Å². The van der Waals surface area contributed by atoms with Crippen molar-refractivity contribution in [2.24, 2.45) is 0 Å². The maximum absolute atomic E-state index is 12.3. The summed E-state index contributed by atoms with van der Waals surface area (Å²) in [5.41, 5.74) is 2.50. The lowest BCUT2D eigenvalue weighted by molar-refractivity contribution is -0.139. The lowest BCUT2D eigenvalue weighted by Crippen LogP contribution is -2.11. The number of rotatable bonds is 5. The molecule has 0 aliphatic rings. The minimum atomic E-state index is -0.320. The van der Waals surface area contributed by atoms with Crippen LogP contribution in [0.15, 0.2) is 24.3 Å². The monoisotopic (exact) mass is 332 g/mol. The molecule has 0 aliphatic carbocycles. The molecule has 5 nitrogen and oxygen atoms in total. The topological polar surface area (TPSA) is 68.3 Å². The second kappa shape index (κ2) is 7.37. The van der Waals surface area contributed by atoms with E-state index in [0.717, 1.165) is 10.6 Å². The third kappa shape index (κ3) is 4.39. The largest absolute Gasteiger partial charge is 0.469 e. The predicted molar refractivity (Wildman–Crippen MR) is 91.1 cm³/mol. The van der Waals surface area contributed by atoms with Crippen molar-refractivity contribution in [1.82, 2.24) is 4.98 Å². The Bertz CT molecular complexity index is 705. The van der Waals surface area contributed by atoms with E-state index in [-0.39, 0.29) is 18.3 Å². The standard InChI is InChI=1S/C17H20N2O3S/c1-10(2)12-5-7-13(8-6-12)16(21)19-17-18-11(3)14(23-17)9-15(20)22-4/h5-8,10H,9H2,1-4H3,(H,18,19,21). The number of amides is 1. The molecule has 0 aliphatic heterocycles. The maximum atomic E-state index is 12.3. The summed E-state index contributed by atoms with van der Waals surface area (Å²) in [6.45, 7) is 6.02. The second-order valence-electron chi connectivity index (χ2n) is 5.51. The molecule has 1 N–H and O–H groups in total. The first-order chi connectivity index (χ1) is 10.9. The second-order valence-corrected chi connectivity index (χ2v) is 6.59. The third-order valence-electron chi connectivity index (χ3n) is 3.49. The Hall–Kier alpha value is -2.21. The fraction of sp³-hybridized carbons (Fsp3) is 0.353. The molecular formula is C17H20N2O3S. The number of benzene rings is 1. The van der Waals surface area contributed by atoms with Crippen LogP contribution in [-0.4, -0.2) is 24.0 Å². The van der Waals surface area contributed by atoms with E-state index in [2.05, 4.69) is 28.9 Å². The zero-order chi connectivity index (χ0) is 17.0. The molecular weight excluding hydrogens is 312 g/mol. The number of aromatic nitrogens is 1. The van der Waals surface area contributed by atoms with Crippen LogP contribution in [0.5, 0.6) is 0 Å². The first-order valence-corrected chi connectivity index (χ1v) is 8.16. The van der Waals surface area contributed by atoms with Gasteiger partial charge >= 0.3 is 5.97 Å². The first kappa shape index (κ1) is 17.1. The average Bonchev–Trinajstić information content (AvgIpc) is 2.86. The summed E-state index contributed by atoms with van der Waals surface area (Å²) in [7, 11) is 1.35. The number of carbonyl (C=O) groups excluding carboxylic acids is 2. The molecule has 6 heteroatoms. The van der Waals surface area contributed by atoms with Gasteiger partial charge in [-0.3, -0.25) is 14.9 Å². The van der Waals surface area contributed by atoms with E-state index in [1.54, 1.807) is 12.1 Å². The molecule has 1 aromatic carbocycles. The summed E-state index contributed by atoms with van der Waals surface area (Å²) in [5.74, 6) is -0.104. The molecule has 0 saturated carbocycles. The van der Waals surface area contributed by atoms with Crippen LogP contribution in [0.2, 0.25) is 0 Å². The normalized spacial score (nSPS) is 10.7. The zero-order valence-corrected chi connectivity index (χ0v) is 14.5. The molecule has 2 rings (SSSR count). The van der Waals surface area contributed by atoms with E-state index in [1.807, 2.05) is 19.1 Å². The molecule has 0 saturated heterocycles. The molecule has 122 valence electrons. The molecule has 2 aromatic rings. The summed E-state index contributed by atoms with van der Waals surface area (Å²) in [4.78, 5) is 28.7. The lowest BCUT2D eigenvalue weighted by atomic mass is 10.0. The quantitative estimate of drug-likeness (QED) is 0.850. The minimum absolute atomic E-state index is 0.166. The average molecular weight is 332 g/mol. The maximum Gasteiger partial charge on any atom is 0.310 e. The Kier molecular flexibility index (Phi) is 5.50. The van der Waals surface area contributed by atoms with Gasteiger partial charge in [-0.1, -0.05) is 26.0 Å². The van der Waals surface area contributed by atoms with Crippen molar-refractivity contribution in [1.29, 1.82) is 0 Å². The van der Waals surface area contributed by atoms with E-state index < -0.39 is 0 Å². The number of esters is 1. The van der Waals surface area contributed by atoms with Crippen LogP contribution >= 0.6 is 11.3 Å². The predicted octanol–water partition coefficient (Wildman–Crippen LogP) is 3.54. The Morgan fingerprint density at radius 2 is 1.91 bits per heavy atom. The molecule has 1 amide bonds. The molecule has 0 atom stereocenters. The Labute approximate surface area is 139 Å². The van der Waals surface area contributed by atoms with Crippen LogP contribution in [0, 0.1) is 6.92 Å². The molecule has 0 radical (unpaired) electrons. The molecule has 23 heavy (non-hydrogen) atoms. The van der Waals surface area contributed by atoms with Crippen LogP contribution in [0.3, 0.4) is 0 Å². The Balaban J connectivity index is 2.08. The smallest absolute Gasteiger partial charge is 0.310 e. The van der Waals surface area contributed by atoms with Crippen molar-refractivity contribution in [3.63, 3.8) is 0 Å². The molecule has 0 bridgehead atoms. The van der Waals surface area contributed by atoms with E-state index in [0.29, 0.717) is 16.6 Å². The number of ether oxygens (including phenoxy) is 1. The number of anilines is 1. The Morgan fingerprint density at radius 3 is 2.48 bits per heavy atom. The summed E-state index contributed by atoms with van der Waals surface area (Å²) < 4.78 is 4.65. The molecule has 0 fully saturated rings. The molecule has 1 heterocycles. The number of thiazole rings is 1. The summed E-state index contributed by atoms with van der Waals surface area (Å²) >= 11 is 1.29. The first-order valence-electron chi connectivity index (χ1n) is 7.35. The number of hydrogen-bond acceptors (Lipinski definition) is 5. The number of hydrogen-bond donors (Lipinski definition) is 1. The van der Waals surface area contributed by atoms with Gasteiger partial charge in [-0.2, -0.15) is 0 Å². The van der Waals surface area contributed by atoms with Gasteiger partial charge in [0, 0.05) is 10.4 Å². The van der Waals surface area contributed by atoms with Crippen LogP contribution in [0.1, 0.15) is 46.3 Å². The van der Waals surface area contributed by atoms with Gasteiger partial charge in [0.15, 0.2) is 5.13 Å². The molecule has 1 aromatic heterocycles. The van der Waals surface area contributed by atoms with E-state index in [1.165, 1.54) is 24.0 Å². The van der Waals surface area contributed by atoms with Crippen molar-refractivity contribution in [2.45, 2.75) is 33.1 Å². The Morgan fingerprint density at radius 1 is 1.26 bits per heavy atom. The van der Waals surface area contributed by atoms with Gasteiger partial charge in [0.1, 0.15) is 0 Å². The van der Waals surface area contributed by atoms with Crippen LogP contribution in [0.25, 0.3) is 0 Å². The SMILES string of the molecule is COC(=O)Cc1sc(NC(=O)c2ccc(C(C)C)cc2)nc1C. The highest BCUT2D eigenvalue weighted by Gasteiger charge is 2.14. The highest BCUT2D eigenvalue weighted by Crippen LogP contribution is 2.24. The fourth-order valence-corrected chi connectivity index (χ4v) is 2.98. The zero-order valence-electron chi connectivity index (χ0n) is 13.7. The summed E-state index contributed by atoms with van der Waals surface area (Å²) in [6.07, 6.45) is 0.166. The van der Waals surface area contributed by atoms with Gasteiger partial charge in [-0.05, 0) is 30.5 Å². The van der Waals surface area contributed by atoms with Gasteiger partial charge in [0.25, 0.3) is 5.91 Å². The third-order valence-corrected chi connectivity index (χ3v) is 4.56. The van der Waals surface area contributed by atoms with E-state index in [9.17, 15) is 9.59 Å². The number of nitrogens with zero attached hydrogens (tertiary/aromatic N) is 1. The van der Waals surface area contributed by atoms with Gasteiger partial charge in [-0.25, -0.2) is 4.98 Å². The number of aryl methyl sites for hydroxylation is 1. The van der Waals surface area contributed by atoms with E-state index >= 15 is 0 Å². The van der Waals surface area contributed by atoms with Gasteiger partial charge in [0.2, 0.25) is 0 Å². The number of methoxy groups -OCH3 is 1. The van der Waals surface area contributed by atoms with E-state index in [4.69, 9.17) is 0 Å². The van der Waals surface area contributed by atoms with Gasteiger partial charge in [-0.15, -0.1) is 11.3 Å². The van der Waals surface area contributed by atoms with Crippen molar-refractivity contribution in [2.75, 3.05) is 12.4 Å². The van der Waals surface area contributed by atoms with Crippen LogP contribution < -0.4 is 5.32 Å². The highest BCUT2D eigenvalue weighted by atomic mass is 32.1. The minimum Gasteiger partial charge on any atom is -0.469 e. The molecule has 0 spiro atoms. The fourth-order valence-electron chi connectivity index (χ4n) is 2.04. The van der Waals surface area contributed by atoms with Gasteiger partial charge in [0.05, 0.1) is 19.2 Å². The number of nitrogens with one attached hydrogen (secondary N) is 1.